The SMILES string of the molecule is CC(O)CCOc1ccc(Cl)cc1CO. The number of rotatable bonds is 5. The molecule has 0 aliphatic carbocycles. The zero-order chi connectivity index (χ0) is 11.3. The van der Waals surface area contributed by atoms with Crippen LogP contribution in [0.4, 0.5) is 0 Å². The first kappa shape index (κ1) is 12.3. The van der Waals surface area contributed by atoms with E-state index >= 15 is 0 Å². The van der Waals surface area contributed by atoms with Crippen molar-refractivity contribution in [3.05, 3.63) is 28.8 Å². The molecule has 0 saturated carbocycles. The van der Waals surface area contributed by atoms with Gasteiger partial charge in [-0.05, 0) is 25.1 Å². The van der Waals surface area contributed by atoms with Crippen LogP contribution in [0.5, 0.6) is 5.75 Å². The lowest BCUT2D eigenvalue weighted by atomic mass is 10.2. The highest BCUT2D eigenvalue weighted by Gasteiger charge is 2.04. The van der Waals surface area contributed by atoms with E-state index < -0.39 is 0 Å². The minimum atomic E-state index is -0.380. The van der Waals surface area contributed by atoms with Crippen molar-refractivity contribution in [3.8, 4) is 5.75 Å². The molecule has 0 aliphatic heterocycles. The number of aliphatic hydroxyl groups excluding tert-OH is 2. The Hall–Kier alpha value is -0.770. The monoisotopic (exact) mass is 230 g/mol. The van der Waals surface area contributed by atoms with Crippen molar-refractivity contribution in [2.75, 3.05) is 6.61 Å². The van der Waals surface area contributed by atoms with Gasteiger partial charge >= 0.3 is 0 Å². The van der Waals surface area contributed by atoms with Gasteiger partial charge in [-0.1, -0.05) is 11.6 Å². The topological polar surface area (TPSA) is 49.7 Å². The Morgan fingerprint density at radius 3 is 2.80 bits per heavy atom. The zero-order valence-corrected chi connectivity index (χ0v) is 9.37. The third-order valence-corrected chi connectivity index (χ3v) is 2.22. The van der Waals surface area contributed by atoms with E-state index in [4.69, 9.17) is 26.6 Å². The summed E-state index contributed by atoms with van der Waals surface area (Å²) in [7, 11) is 0. The average Bonchev–Trinajstić information content (AvgIpc) is 2.19. The lowest BCUT2D eigenvalue weighted by Gasteiger charge is -2.11. The van der Waals surface area contributed by atoms with Crippen molar-refractivity contribution >= 4 is 11.6 Å². The summed E-state index contributed by atoms with van der Waals surface area (Å²) in [6.07, 6.45) is 0.183. The van der Waals surface area contributed by atoms with E-state index in [1.807, 2.05) is 0 Å². The molecule has 84 valence electrons. The molecular weight excluding hydrogens is 216 g/mol. The molecule has 4 heteroatoms. The van der Waals surface area contributed by atoms with Crippen LogP contribution in [-0.2, 0) is 6.61 Å². The first-order valence-electron chi connectivity index (χ1n) is 4.83. The van der Waals surface area contributed by atoms with Gasteiger partial charge in [0.15, 0.2) is 0 Å². The second kappa shape index (κ2) is 5.95. The molecule has 0 bridgehead atoms. The molecule has 0 radical (unpaired) electrons. The molecule has 3 nitrogen and oxygen atoms in total. The Morgan fingerprint density at radius 1 is 1.47 bits per heavy atom. The molecule has 0 spiro atoms. The third-order valence-electron chi connectivity index (χ3n) is 1.99. The largest absolute Gasteiger partial charge is 0.493 e. The standard InChI is InChI=1S/C11H15ClO3/c1-8(14)4-5-15-11-3-2-10(12)6-9(11)7-13/h2-3,6,8,13-14H,4-5,7H2,1H3. The lowest BCUT2D eigenvalue weighted by Crippen LogP contribution is -2.08. The maximum absolute atomic E-state index is 9.06. The van der Waals surface area contributed by atoms with Gasteiger partial charge in [-0.2, -0.15) is 0 Å². The quantitative estimate of drug-likeness (QED) is 0.813. The predicted octanol–water partition coefficient (Wildman–Crippen LogP) is 1.98. The van der Waals surface area contributed by atoms with E-state index in [-0.39, 0.29) is 12.7 Å². The van der Waals surface area contributed by atoms with E-state index in [1.54, 1.807) is 25.1 Å². The summed E-state index contributed by atoms with van der Waals surface area (Å²) in [5.74, 6) is 0.613. The Bertz CT molecular complexity index is 313. The van der Waals surface area contributed by atoms with Gasteiger partial charge < -0.3 is 14.9 Å². The Labute approximate surface area is 94.3 Å². The Kier molecular flexibility index (Phi) is 4.88. The number of benzene rings is 1. The van der Waals surface area contributed by atoms with Crippen molar-refractivity contribution in [3.63, 3.8) is 0 Å². The molecule has 0 fully saturated rings. The van der Waals surface area contributed by atoms with Gasteiger partial charge in [-0.3, -0.25) is 0 Å². The average molecular weight is 231 g/mol. The van der Waals surface area contributed by atoms with E-state index in [0.717, 1.165) is 0 Å². The summed E-state index contributed by atoms with van der Waals surface area (Å²) in [5.41, 5.74) is 0.660. The van der Waals surface area contributed by atoms with E-state index in [9.17, 15) is 0 Å². The van der Waals surface area contributed by atoms with Crippen molar-refractivity contribution < 1.29 is 14.9 Å². The molecule has 0 aromatic heterocycles. The molecule has 2 N–H and O–H groups in total. The van der Waals surface area contributed by atoms with Crippen molar-refractivity contribution in [1.29, 1.82) is 0 Å². The van der Waals surface area contributed by atoms with Gasteiger partial charge in [0, 0.05) is 17.0 Å². The van der Waals surface area contributed by atoms with E-state index in [1.165, 1.54) is 0 Å². The van der Waals surface area contributed by atoms with Gasteiger partial charge in [0.25, 0.3) is 0 Å². The number of aliphatic hydroxyl groups is 2. The van der Waals surface area contributed by atoms with Gasteiger partial charge in [0.05, 0.1) is 19.3 Å². The van der Waals surface area contributed by atoms with Gasteiger partial charge in [-0.25, -0.2) is 0 Å². The van der Waals surface area contributed by atoms with Crippen molar-refractivity contribution in [1.82, 2.24) is 0 Å². The molecule has 0 saturated heterocycles. The molecule has 1 aromatic rings. The predicted molar refractivity (Wildman–Crippen MR) is 59.2 cm³/mol. The van der Waals surface area contributed by atoms with Crippen LogP contribution in [0.25, 0.3) is 0 Å². The van der Waals surface area contributed by atoms with Crippen LogP contribution in [0.3, 0.4) is 0 Å². The minimum Gasteiger partial charge on any atom is -0.493 e. The van der Waals surface area contributed by atoms with Crippen LogP contribution < -0.4 is 4.74 Å². The van der Waals surface area contributed by atoms with Gasteiger partial charge in [-0.15, -0.1) is 0 Å². The summed E-state index contributed by atoms with van der Waals surface area (Å²) >= 11 is 5.77. The number of ether oxygens (including phenoxy) is 1. The Morgan fingerprint density at radius 2 is 2.20 bits per heavy atom. The van der Waals surface area contributed by atoms with Crippen molar-refractivity contribution in [2.24, 2.45) is 0 Å². The summed E-state index contributed by atoms with van der Waals surface area (Å²) in [4.78, 5) is 0. The summed E-state index contributed by atoms with van der Waals surface area (Å²) in [5, 5.41) is 18.7. The van der Waals surface area contributed by atoms with Crippen LogP contribution >= 0.6 is 11.6 Å². The molecule has 1 unspecified atom stereocenters. The number of hydrogen-bond acceptors (Lipinski definition) is 3. The summed E-state index contributed by atoms with van der Waals surface area (Å²) in [6, 6.07) is 5.09. The minimum absolute atomic E-state index is 0.107. The van der Waals surface area contributed by atoms with Crippen LogP contribution in [0.2, 0.25) is 5.02 Å². The first-order chi connectivity index (χ1) is 7.13. The van der Waals surface area contributed by atoms with Crippen LogP contribution in [0.15, 0.2) is 18.2 Å². The van der Waals surface area contributed by atoms with Crippen molar-refractivity contribution in [2.45, 2.75) is 26.1 Å². The molecule has 15 heavy (non-hydrogen) atoms. The normalized spacial score (nSPS) is 12.5. The fourth-order valence-electron chi connectivity index (χ4n) is 1.15. The second-order valence-electron chi connectivity index (χ2n) is 3.40. The molecular formula is C11H15ClO3. The first-order valence-corrected chi connectivity index (χ1v) is 5.21. The smallest absolute Gasteiger partial charge is 0.124 e. The van der Waals surface area contributed by atoms with Gasteiger partial charge in [0.2, 0.25) is 0 Å². The molecule has 0 aliphatic rings. The Balaban J connectivity index is 2.60. The summed E-state index contributed by atoms with van der Waals surface area (Å²) in [6.45, 7) is 2.02. The summed E-state index contributed by atoms with van der Waals surface area (Å²) < 4.78 is 5.42. The molecule has 1 rings (SSSR count). The van der Waals surface area contributed by atoms with E-state index in [2.05, 4.69) is 0 Å². The van der Waals surface area contributed by atoms with Gasteiger partial charge in [0.1, 0.15) is 5.75 Å². The van der Waals surface area contributed by atoms with Crippen LogP contribution in [0.1, 0.15) is 18.9 Å². The molecule has 1 aromatic carbocycles. The van der Waals surface area contributed by atoms with Crippen LogP contribution in [0, 0.1) is 0 Å². The van der Waals surface area contributed by atoms with E-state index in [0.29, 0.717) is 29.4 Å². The number of halogens is 1. The highest BCUT2D eigenvalue weighted by Crippen LogP contribution is 2.23. The second-order valence-corrected chi connectivity index (χ2v) is 3.83. The fourth-order valence-corrected chi connectivity index (χ4v) is 1.35. The molecule has 0 heterocycles. The van der Waals surface area contributed by atoms with Crippen LogP contribution in [-0.4, -0.2) is 22.9 Å². The maximum Gasteiger partial charge on any atom is 0.124 e. The molecule has 0 amide bonds. The fraction of sp³-hybridized carbons (Fsp3) is 0.455. The molecule has 1 atom stereocenters. The number of hydrogen-bond donors (Lipinski definition) is 2. The zero-order valence-electron chi connectivity index (χ0n) is 8.61. The third kappa shape index (κ3) is 4.08. The lowest BCUT2D eigenvalue weighted by molar-refractivity contribution is 0.154. The highest BCUT2D eigenvalue weighted by atomic mass is 35.5. The maximum atomic E-state index is 9.06. The highest BCUT2D eigenvalue weighted by molar-refractivity contribution is 6.30.